The Labute approximate surface area is 220 Å². The molecule has 0 bridgehead atoms. The van der Waals surface area contributed by atoms with E-state index in [1.54, 1.807) is 54.6 Å². The van der Waals surface area contributed by atoms with Crippen molar-refractivity contribution in [1.29, 1.82) is 0 Å². The highest BCUT2D eigenvalue weighted by Crippen LogP contribution is 2.44. The van der Waals surface area contributed by atoms with Crippen molar-refractivity contribution < 1.29 is 29.3 Å². The largest absolute Gasteiger partial charge is 0.507 e. The summed E-state index contributed by atoms with van der Waals surface area (Å²) in [7, 11) is 1.42. The van der Waals surface area contributed by atoms with Gasteiger partial charge in [-0.2, -0.15) is 0 Å². The van der Waals surface area contributed by atoms with E-state index >= 15 is 0 Å². The molecule has 192 valence electrons. The van der Waals surface area contributed by atoms with E-state index < -0.39 is 17.7 Å². The number of aliphatic hydroxyl groups is 1. The van der Waals surface area contributed by atoms with E-state index in [1.165, 1.54) is 18.1 Å². The normalized spacial score (nSPS) is 16.9. The summed E-state index contributed by atoms with van der Waals surface area (Å²) in [4.78, 5) is 28.0. The van der Waals surface area contributed by atoms with Gasteiger partial charge in [0, 0.05) is 16.3 Å². The molecule has 1 saturated heterocycles. The second-order valence-electron chi connectivity index (χ2n) is 8.92. The Hall–Kier alpha value is -3.97. The van der Waals surface area contributed by atoms with E-state index in [0.717, 1.165) is 5.56 Å². The van der Waals surface area contributed by atoms with Crippen molar-refractivity contribution in [2.75, 3.05) is 18.6 Å². The lowest BCUT2D eigenvalue weighted by Crippen LogP contribution is -2.29. The van der Waals surface area contributed by atoms with Crippen molar-refractivity contribution in [2.24, 2.45) is 0 Å². The van der Waals surface area contributed by atoms with E-state index in [1.807, 2.05) is 20.8 Å². The van der Waals surface area contributed by atoms with Crippen LogP contribution in [0.25, 0.3) is 5.76 Å². The molecule has 7 nitrogen and oxygen atoms in total. The molecule has 2 N–H and O–H groups in total. The van der Waals surface area contributed by atoms with Crippen LogP contribution in [-0.2, 0) is 9.59 Å². The first-order chi connectivity index (χ1) is 17.7. The van der Waals surface area contributed by atoms with Crippen molar-refractivity contribution >= 4 is 34.7 Å². The van der Waals surface area contributed by atoms with Crippen LogP contribution in [-0.4, -0.2) is 35.6 Å². The lowest BCUT2D eigenvalue weighted by molar-refractivity contribution is -0.132. The molecule has 1 fully saturated rings. The predicted molar refractivity (Wildman–Crippen MR) is 143 cm³/mol. The quantitative estimate of drug-likeness (QED) is 0.218. The summed E-state index contributed by atoms with van der Waals surface area (Å²) in [6.07, 6.45) is 0. The summed E-state index contributed by atoms with van der Waals surface area (Å²) >= 11 is 6.05. The number of carbonyl (C=O) groups excluding carboxylic acids is 2. The number of hydrogen-bond donors (Lipinski definition) is 2. The molecule has 0 saturated carbocycles. The highest BCUT2D eigenvalue weighted by atomic mass is 35.5. The molecule has 4 rings (SSSR count). The number of aromatic hydroxyl groups is 1. The minimum atomic E-state index is -1.01. The second kappa shape index (κ2) is 10.6. The number of aliphatic hydroxyl groups excluding tert-OH is 1. The van der Waals surface area contributed by atoms with Gasteiger partial charge in [0.1, 0.15) is 11.5 Å². The average Bonchev–Trinajstić information content (AvgIpc) is 3.14. The molecule has 8 heteroatoms. The molecular formula is C29H28ClNO6. The molecular weight excluding hydrogens is 494 g/mol. The van der Waals surface area contributed by atoms with Gasteiger partial charge in [-0.25, -0.2) is 0 Å². The van der Waals surface area contributed by atoms with Gasteiger partial charge in [-0.15, -0.1) is 0 Å². The van der Waals surface area contributed by atoms with Gasteiger partial charge in [0.05, 0.1) is 25.3 Å². The minimum absolute atomic E-state index is 0.0834. The summed E-state index contributed by atoms with van der Waals surface area (Å²) in [5, 5.41) is 22.4. The monoisotopic (exact) mass is 521 g/mol. The van der Waals surface area contributed by atoms with E-state index in [0.29, 0.717) is 34.2 Å². The highest BCUT2D eigenvalue weighted by Gasteiger charge is 2.47. The third-order valence-electron chi connectivity index (χ3n) is 6.27. The molecule has 3 aromatic carbocycles. The number of benzene rings is 3. The number of carbonyl (C=O) groups is 2. The van der Waals surface area contributed by atoms with Crippen LogP contribution in [0, 0.1) is 0 Å². The molecule has 1 aliphatic heterocycles. The Morgan fingerprint density at radius 1 is 1.03 bits per heavy atom. The minimum Gasteiger partial charge on any atom is -0.507 e. The molecule has 1 aliphatic rings. The first-order valence-electron chi connectivity index (χ1n) is 11.9. The summed E-state index contributed by atoms with van der Waals surface area (Å²) in [6, 6.07) is 15.2. The van der Waals surface area contributed by atoms with Crippen LogP contribution in [0.15, 0.2) is 66.2 Å². The van der Waals surface area contributed by atoms with Crippen LogP contribution < -0.4 is 14.4 Å². The summed E-state index contributed by atoms with van der Waals surface area (Å²) in [5.74, 6) is -1.12. The number of anilines is 1. The van der Waals surface area contributed by atoms with E-state index in [-0.39, 0.29) is 28.7 Å². The third-order valence-corrected chi connectivity index (χ3v) is 6.52. The molecule has 0 radical (unpaired) electrons. The Kier molecular flexibility index (Phi) is 7.45. The molecule has 37 heavy (non-hydrogen) atoms. The molecule has 1 atom stereocenters. The lowest BCUT2D eigenvalue weighted by atomic mass is 9.93. The van der Waals surface area contributed by atoms with E-state index in [9.17, 15) is 19.8 Å². The second-order valence-corrected chi connectivity index (χ2v) is 9.35. The number of phenols is 1. The Morgan fingerprint density at radius 3 is 2.30 bits per heavy atom. The fraction of sp³-hybridized carbons (Fsp3) is 0.241. The summed E-state index contributed by atoms with van der Waals surface area (Å²) in [6.45, 7) is 6.38. The topological polar surface area (TPSA) is 96.3 Å². The van der Waals surface area contributed by atoms with E-state index in [4.69, 9.17) is 21.1 Å². The standard InChI is InChI=1S/C29H28ClNO6/c1-5-37-23-12-7-18(14-21(23)16(2)3)27(33)25-26(17-6-13-24(36-4)22(32)15-17)31(29(35)28(25)34)20-10-8-19(30)9-11-20/h6-16,26,32-33H,5H2,1-4H3/b27-25-. The van der Waals surface area contributed by atoms with Gasteiger partial charge >= 0.3 is 0 Å². The number of rotatable bonds is 7. The molecule has 1 heterocycles. The van der Waals surface area contributed by atoms with Gasteiger partial charge in [0.2, 0.25) is 0 Å². The molecule has 0 spiro atoms. The van der Waals surface area contributed by atoms with Crippen LogP contribution in [0.5, 0.6) is 17.2 Å². The average molecular weight is 522 g/mol. The zero-order valence-electron chi connectivity index (χ0n) is 21.0. The van der Waals surface area contributed by atoms with E-state index in [2.05, 4.69) is 0 Å². The van der Waals surface area contributed by atoms with Gasteiger partial charge < -0.3 is 19.7 Å². The Morgan fingerprint density at radius 2 is 1.70 bits per heavy atom. The fourth-order valence-electron chi connectivity index (χ4n) is 4.48. The van der Waals surface area contributed by atoms with Crippen LogP contribution >= 0.6 is 11.6 Å². The Balaban J connectivity index is 1.94. The number of ether oxygens (including phenoxy) is 2. The maximum Gasteiger partial charge on any atom is 0.300 e. The number of hydrogen-bond acceptors (Lipinski definition) is 6. The molecule has 0 aromatic heterocycles. The third kappa shape index (κ3) is 4.87. The first-order valence-corrected chi connectivity index (χ1v) is 12.3. The van der Waals surface area contributed by atoms with Gasteiger partial charge in [0.15, 0.2) is 11.5 Å². The van der Waals surface area contributed by atoms with Crippen molar-refractivity contribution in [3.8, 4) is 17.2 Å². The van der Waals surface area contributed by atoms with Crippen LogP contribution in [0.4, 0.5) is 5.69 Å². The number of halogens is 1. The maximum atomic E-state index is 13.4. The Bertz CT molecular complexity index is 1380. The number of Topliss-reactive ketones (excluding diaryl/α,β-unsaturated/α-hetero) is 1. The summed E-state index contributed by atoms with van der Waals surface area (Å²) in [5.41, 5.74) is 1.98. The highest BCUT2D eigenvalue weighted by molar-refractivity contribution is 6.51. The van der Waals surface area contributed by atoms with Crippen molar-refractivity contribution in [1.82, 2.24) is 0 Å². The number of methoxy groups -OCH3 is 1. The fourth-order valence-corrected chi connectivity index (χ4v) is 4.61. The number of amides is 1. The van der Waals surface area contributed by atoms with Gasteiger partial charge in [-0.05, 0) is 78.6 Å². The van der Waals surface area contributed by atoms with Crippen molar-refractivity contribution in [2.45, 2.75) is 32.7 Å². The zero-order valence-corrected chi connectivity index (χ0v) is 21.7. The number of ketones is 1. The van der Waals surface area contributed by atoms with Crippen molar-refractivity contribution in [3.05, 3.63) is 87.9 Å². The SMILES string of the molecule is CCOc1ccc(/C(O)=C2/C(=O)C(=O)N(c3ccc(Cl)cc3)C2c2ccc(OC)c(O)c2)cc1C(C)C. The molecule has 1 amide bonds. The van der Waals surface area contributed by atoms with Gasteiger partial charge in [-0.3, -0.25) is 14.5 Å². The molecule has 1 unspecified atom stereocenters. The first kappa shape index (κ1) is 26.1. The smallest absolute Gasteiger partial charge is 0.300 e. The van der Waals surface area contributed by atoms with Crippen molar-refractivity contribution in [3.63, 3.8) is 0 Å². The summed E-state index contributed by atoms with van der Waals surface area (Å²) < 4.78 is 10.9. The molecule has 3 aromatic rings. The van der Waals surface area contributed by atoms with Gasteiger partial charge in [0.25, 0.3) is 11.7 Å². The van der Waals surface area contributed by atoms with Crippen LogP contribution in [0.3, 0.4) is 0 Å². The maximum absolute atomic E-state index is 13.4. The van der Waals surface area contributed by atoms with Crippen LogP contribution in [0.2, 0.25) is 5.02 Å². The number of nitrogens with zero attached hydrogens (tertiary/aromatic N) is 1. The zero-order chi connectivity index (χ0) is 26.9. The van der Waals surface area contributed by atoms with Gasteiger partial charge in [-0.1, -0.05) is 31.5 Å². The van der Waals surface area contributed by atoms with Crippen LogP contribution in [0.1, 0.15) is 49.4 Å². The predicted octanol–water partition coefficient (Wildman–Crippen LogP) is 6.20. The lowest BCUT2D eigenvalue weighted by Gasteiger charge is -2.26. The molecule has 0 aliphatic carbocycles. The number of phenolic OH excluding ortho intramolecular Hbond substituents is 1.